The highest BCUT2D eigenvalue weighted by Crippen LogP contribution is 2.47. The summed E-state index contributed by atoms with van der Waals surface area (Å²) in [6, 6.07) is 2.43. The van der Waals surface area contributed by atoms with Crippen LogP contribution in [0.4, 0.5) is 13.2 Å². The Morgan fingerprint density at radius 1 is 1.00 bits per heavy atom. The van der Waals surface area contributed by atoms with E-state index in [2.05, 4.69) is 0 Å². The molecule has 0 amide bonds. The summed E-state index contributed by atoms with van der Waals surface area (Å²) in [5.74, 6) is 0.490. The van der Waals surface area contributed by atoms with Gasteiger partial charge in [-0.3, -0.25) is 0 Å². The fourth-order valence-corrected chi connectivity index (χ4v) is 3.04. The van der Waals surface area contributed by atoms with E-state index in [0.29, 0.717) is 18.6 Å². The highest BCUT2D eigenvalue weighted by atomic mass is 19.4. The molecule has 0 saturated heterocycles. The van der Waals surface area contributed by atoms with Gasteiger partial charge >= 0.3 is 6.18 Å². The van der Waals surface area contributed by atoms with E-state index in [1.165, 1.54) is 6.07 Å². The van der Waals surface area contributed by atoms with Crippen molar-refractivity contribution in [2.24, 2.45) is 5.73 Å². The van der Waals surface area contributed by atoms with Gasteiger partial charge in [-0.2, -0.15) is 13.2 Å². The quantitative estimate of drug-likeness (QED) is 0.859. The van der Waals surface area contributed by atoms with Gasteiger partial charge in [0.15, 0.2) is 11.5 Å². The molecule has 6 heteroatoms. The lowest BCUT2D eigenvalue weighted by atomic mass is 9.75. The number of hydrogen-bond donors (Lipinski definition) is 1. The number of benzene rings is 1. The zero-order valence-corrected chi connectivity index (χ0v) is 10.9. The standard InChI is InChI=1S/C14H16F3NO2/c15-14(16,17)10-7-12-11(19-8-20-12)6-9(10)13(18)4-2-1-3-5-13/h6-7H,1-5,8,18H2. The van der Waals surface area contributed by atoms with Gasteiger partial charge in [0.1, 0.15) is 0 Å². The van der Waals surface area contributed by atoms with Crippen LogP contribution in [0, 0.1) is 0 Å². The van der Waals surface area contributed by atoms with Gasteiger partial charge in [-0.15, -0.1) is 0 Å². The molecule has 1 aliphatic heterocycles. The summed E-state index contributed by atoms with van der Waals surface area (Å²) < 4.78 is 50.1. The number of ether oxygens (including phenoxy) is 2. The number of fused-ring (bicyclic) bond motifs is 1. The third kappa shape index (κ3) is 2.22. The Kier molecular flexibility index (Phi) is 3.08. The van der Waals surface area contributed by atoms with Crippen LogP contribution >= 0.6 is 0 Å². The highest BCUT2D eigenvalue weighted by Gasteiger charge is 2.42. The molecule has 0 atom stereocenters. The summed E-state index contributed by atoms with van der Waals surface area (Å²) in [5, 5.41) is 0. The first-order valence-electron chi connectivity index (χ1n) is 6.70. The summed E-state index contributed by atoms with van der Waals surface area (Å²) in [7, 11) is 0. The molecule has 3 nitrogen and oxygen atoms in total. The Labute approximate surface area is 114 Å². The molecule has 1 aromatic rings. The Hall–Kier alpha value is -1.43. The molecule has 2 N–H and O–H groups in total. The first kappa shape index (κ1) is 13.5. The molecule has 2 aliphatic rings. The molecule has 0 radical (unpaired) electrons. The molecule has 0 aromatic heterocycles. The maximum absolute atomic E-state index is 13.3. The third-order valence-electron chi connectivity index (χ3n) is 4.10. The molecule has 0 unspecified atom stereocenters. The van der Waals surface area contributed by atoms with E-state index in [1.807, 2.05) is 0 Å². The van der Waals surface area contributed by atoms with Crippen molar-refractivity contribution < 1.29 is 22.6 Å². The van der Waals surface area contributed by atoms with E-state index in [1.54, 1.807) is 0 Å². The van der Waals surface area contributed by atoms with Crippen LogP contribution in [-0.2, 0) is 11.7 Å². The second-order valence-electron chi connectivity index (χ2n) is 5.47. The van der Waals surface area contributed by atoms with Crippen molar-refractivity contribution in [2.45, 2.75) is 43.8 Å². The minimum absolute atomic E-state index is 0.0480. The molecule has 110 valence electrons. The van der Waals surface area contributed by atoms with Crippen molar-refractivity contribution in [3.05, 3.63) is 23.3 Å². The summed E-state index contributed by atoms with van der Waals surface area (Å²) in [6.45, 7) is -0.0480. The molecule has 20 heavy (non-hydrogen) atoms. The van der Waals surface area contributed by atoms with E-state index < -0.39 is 17.3 Å². The zero-order chi connectivity index (χ0) is 14.4. The largest absolute Gasteiger partial charge is 0.454 e. The normalized spacial score (nSPS) is 21.0. The third-order valence-corrected chi connectivity index (χ3v) is 4.10. The number of nitrogens with two attached hydrogens (primary N) is 1. The second kappa shape index (κ2) is 4.55. The Balaban J connectivity index is 2.13. The predicted octanol–water partition coefficient (Wildman–Crippen LogP) is 3.55. The van der Waals surface area contributed by atoms with Gasteiger partial charge in [0.25, 0.3) is 0 Å². The van der Waals surface area contributed by atoms with Crippen LogP contribution in [0.15, 0.2) is 12.1 Å². The lowest BCUT2D eigenvalue weighted by molar-refractivity contribution is -0.139. The van der Waals surface area contributed by atoms with Gasteiger partial charge in [0.2, 0.25) is 6.79 Å². The molecular weight excluding hydrogens is 271 g/mol. The molecule has 1 aromatic carbocycles. The van der Waals surface area contributed by atoms with Crippen LogP contribution in [0.5, 0.6) is 11.5 Å². The van der Waals surface area contributed by atoms with Gasteiger partial charge in [-0.1, -0.05) is 19.3 Å². The van der Waals surface area contributed by atoms with E-state index in [9.17, 15) is 13.2 Å². The summed E-state index contributed by atoms with van der Waals surface area (Å²) in [4.78, 5) is 0. The maximum Gasteiger partial charge on any atom is 0.416 e. The van der Waals surface area contributed by atoms with Crippen LogP contribution < -0.4 is 15.2 Å². The van der Waals surface area contributed by atoms with E-state index in [-0.39, 0.29) is 18.1 Å². The average Bonchev–Trinajstić information content (AvgIpc) is 2.84. The predicted molar refractivity (Wildman–Crippen MR) is 66.5 cm³/mol. The van der Waals surface area contributed by atoms with Gasteiger partial charge < -0.3 is 15.2 Å². The minimum atomic E-state index is -4.44. The summed E-state index contributed by atoms with van der Waals surface area (Å²) >= 11 is 0. The maximum atomic E-state index is 13.3. The Morgan fingerprint density at radius 2 is 1.60 bits per heavy atom. The SMILES string of the molecule is NC1(c2cc3c(cc2C(F)(F)F)OCO3)CCCCC1. The van der Waals surface area contributed by atoms with Crippen LogP contribution in [0.25, 0.3) is 0 Å². The van der Waals surface area contributed by atoms with E-state index in [4.69, 9.17) is 15.2 Å². The second-order valence-corrected chi connectivity index (χ2v) is 5.47. The van der Waals surface area contributed by atoms with Crippen molar-refractivity contribution in [2.75, 3.05) is 6.79 Å². The molecule has 0 bridgehead atoms. The summed E-state index contributed by atoms with van der Waals surface area (Å²) in [5.41, 5.74) is 4.78. The fraction of sp³-hybridized carbons (Fsp3) is 0.571. The first-order chi connectivity index (χ1) is 9.40. The monoisotopic (exact) mass is 287 g/mol. The van der Waals surface area contributed by atoms with Gasteiger partial charge in [0.05, 0.1) is 5.56 Å². The Morgan fingerprint density at radius 3 is 2.20 bits per heavy atom. The highest BCUT2D eigenvalue weighted by molar-refractivity contribution is 5.52. The first-order valence-corrected chi connectivity index (χ1v) is 6.70. The lowest BCUT2D eigenvalue weighted by Crippen LogP contribution is -2.40. The zero-order valence-electron chi connectivity index (χ0n) is 10.9. The number of hydrogen-bond acceptors (Lipinski definition) is 3. The van der Waals surface area contributed by atoms with Crippen molar-refractivity contribution in [1.82, 2.24) is 0 Å². The minimum Gasteiger partial charge on any atom is -0.454 e. The van der Waals surface area contributed by atoms with Crippen LogP contribution in [0.3, 0.4) is 0 Å². The van der Waals surface area contributed by atoms with Crippen LogP contribution in [-0.4, -0.2) is 6.79 Å². The van der Waals surface area contributed by atoms with Gasteiger partial charge in [0, 0.05) is 5.54 Å². The van der Waals surface area contributed by atoms with E-state index >= 15 is 0 Å². The van der Waals surface area contributed by atoms with Crippen LogP contribution in [0.1, 0.15) is 43.2 Å². The van der Waals surface area contributed by atoms with Crippen molar-refractivity contribution in [3.63, 3.8) is 0 Å². The molecule has 3 rings (SSSR count). The molecule has 1 heterocycles. The number of alkyl halides is 3. The van der Waals surface area contributed by atoms with Crippen LogP contribution in [0.2, 0.25) is 0 Å². The molecule has 1 aliphatic carbocycles. The number of halogens is 3. The fourth-order valence-electron chi connectivity index (χ4n) is 3.04. The molecular formula is C14H16F3NO2. The van der Waals surface area contributed by atoms with Gasteiger partial charge in [-0.25, -0.2) is 0 Å². The average molecular weight is 287 g/mol. The van der Waals surface area contributed by atoms with Crippen molar-refractivity contribution >= 4 is 0 Å². The molecule has 1 fully saturated rings. The van der Waals surface area contributed by atoms with Crippen molar-refractivity contribution in [3.8, 4) is 11.5 Å². The lowest BCUT2D eigenvalue weighted by Gasteiger charge is -2.35. The van der Waals surface area contributed by atoms with Crippen molar-refractivity contribution in [1.29, 1.82) is 0 Å². The molecule has 1 saturated carbocycles. The number of rotatable bonds is 1. The Bertz CT molecular complexity index is 522. The van der Waals surface area contributed by atoms with Gasteiger partial charge in [-0.05, 0) is 30.5 Å². The topological polar surface area (TPSA) is 44.5 Å². The molecule has 0 spiro atoms. The smallest absolute Gasteiger partial charge is 0.416 e. The van der Waals surface area contributed by atoms with E-state index in [0.717, 1.165) is 25.3 Å². The summed E-state index contributed by atoms with van der Waals surface area (Å²) in [6.07, 6.45) is -0.596.